The molecule has 0 aliphatic carbocycles. The van der Waals surface area contributed by atoms with Crippen molar-refractivity contribution in [2.24, 2.45) is 0 Å². The van der Waals surface area contributed by atoms with Crippen molar-refractivity contribution in [3.05, 3.63) is 35.4 Å². The molecule has 0 bridgehead atoms. The Kier molecular flexibility index (Phi) is 5.72. The Bertz CT molecular complexity index is 506. The molecule has 0 radical (unpaired) electrons. The van der Waals surface area contributed by atoms with Gasteiger partial charge in [0.2, 0.25) is 0 Å². The lowest BCUT2D eigenvalue weighted by atomic mass is 9.95. The highest BCUT2D eigenvalue weighted by Crippen LogP contribution is 2.50. The fourth-order valence-corrected chi connectivity index (χ4v) is 2.00. The average Bonchev–Trinajstić information content (AvgIpc) is 2.43. The normalized spacial score (nSPS) is 15.1. The van der Waals surface area contributed by atoms with Gasteiger partial charge in [-0.15, -0.1) is 0 Å². The first-order chi connectivity index (χ1) is 10.3. The van der Waals surface area contributed by atoms with Gasteiger partial charge in [-0.3, -0.25) is 0 Å². The molecule has 1 aromatic rings. The summed E-state index contributed by atoms with van der Waals surface area (Å²) in [4.78, 5) is 0. The lowest BCUT2D eigenvalue weighted by Gasteiger charge is -2.30. The van der Waals surface area contributed by atoms with Crippen LogP contribution in [0.1, 0.15) is 43.4 Å². The van der Waals surface area contributed by atoms with Crippen LogP contribution in [0.3, 0.4) is 0 Å². The highest BCUT2D eigenvalue weighted by atomic mass is 19.4. The molecule has 23 heavy (non-hydrogen) atoms. The summed E-state index contributed by atoms with van der Waals surface area (Å²) < 4.78 is 94.0. The third-order valence-corrected chi connectivity index (χ3v) is 3.52. The topological polar surface area (TPSA) is 9.23 Å². The van der Waals surface area contributed by atoms with Crippen molar-refractivity contribution in [3.8, 4) is 0 Å². The van der Waals surface area contributed by atoms with Crippen LogP contribution >= 0.6 is 0 Å². The molecule has 0 N–H and O–H groups in total. The van der Waals surface area contributed by atoms with E-state index in [9.17, 15) is 30.7 Å². The Balaban J connectivity index is 3.03. The molecule has 0 aromatic heterocycles. The van der Waals surface area contributed by atoms with E-state index in [0.717, 1.165) is 12.7 Å². The average molecular weight is 346 g/mol. The molecule has 0 aliphatic heterocycles. The van der Waals surface area contributed by atoms with E-state index in [1.54, 1.807) is 12.1 Å². The number of alkyl halides is 7. The van der Waals surface area contributed by atoms with Gasteiger partial charge in [0.25, 0.3) is 0 Å². The Morgan fingerprint density at radius 1 is 0.870 bits per heavy atom. The molecule has 0 fully saturated rings. The number of halogens is 7. The fraction of sp³-hybridized carbons (Fsp3) is 0.600. The van der Waals surface area contributed by atoms with Crippen LogP contribution in [0.2, 0.25) is 0 Å². The van der Waals surface area contributed by atoms with Crippen molar-refractivity contribution < 1.29 is 35.5 Å². The molecule has 0 saturated carbocycles. The second-order valence-corrected chi connectivity index (χ2v) is 5.53. The standard InChI is InChI=1S/C15H17F7O/c1-9(2)10-4-6-11(7-5-10)12(23-3)8-13(16,17)14(18,19)15(20,21)22/h4-7,9,12H,8H2,1-3H3. The highest BCUT2D eigenvalue weighted by Gasteiger charge is 2.73. The maximum Gasteiger partial charge on any atom is 0.459 e. The van der Waals surface area contributed by atoms with Crippen molar-refractivity contribution in [1.29, 1.82) is 0 Å². The number of benzene rings is 1. The predicted molar refractivity (Wildman–Crippen MR) is 70.8 cm³/mol. The number of rotatable bonds is 6. The second kappa shape index (κ2) is 6.67. The van der Waals surface area contributed by atoms with Crippen LogP contribution in [0.25, 0.3) is 0 Å². The summed E-state index contributed by atoms with van der Waals surface area (Å²) in [5.74, 6) is -11.3. The van der Waals surface area contributed by atoms with E-state index >= 15 is 0 Å². The lowest BCUT2D eigenvalue weighted by molar-refractivity contribution is -0.358. The molecule has 0 saturated heterocycles. The molecule has 8 heteroatoms. The van der Waals surface area contributed by atoms with Crippen LogP contribution in [-0.2, 0) is 4.74 Å². The molecule has 0 aliphatic rings. The molecular weight excluding hydrogens is 329 g/mol. The molecule has 1 nitrogen and oxygen atoms in total. The zero-order chi connectivity index (χ0) is 18.1. The zero-order valence-electron chi connectivity index (χ0n) is 12.7. The Labute approximate surface area is 129 Å². The maximum absolute atomic E-state index is 13.5. The van der Waals surface area contributed by atoms with Crippen LogP contribution in [0, 0.1) is 0 Å². The van der Waals surface area contributed by atoms with Gasteiger partial charge in [-0.2, -0.15) is 30.7 Å². The monoisotopic (exact) mass is 346 g/mol. The Morgan fingerprint density at radius 2 is 1.30 bits per heavy atom. The SMILES string of the molecule is COC(CC(F)(F)C(F)(F)C(F)(F)F)c1ccc(C(C)C)cc1. The van der Waals surface area contributed by atoms with E-state index in [4.69, 9.17) is 4.74 Å². The third-order valence-electron chi connectivity index (χ3n) is 3.52. The van der Waals surface area contributed by atoms with Crippen LogP contribution in [0.5, 0.6) is 0 Å². The summed E-state index contributed by atoms with van der Waals surface area (Å²) in [7, 11) is 0.975. The van der Waals surface area contributed by atoms with Crippen LogP contribution in [0.15, 0.2) is 24.3 Å². The Morgan fingerprint density at radius 3 is 1.65 bits per heavy atom. The van der Waals surface area contributed by atoms with E-state index in [1.165, 1.54) is 12.1 Å². The van der Waals surface area contributed by atoms with Crippen molar-refractivity contribution >= 4 is 0 Å². The molecule has 0 spiro atoms. The first-order valence-electron chi connectivity index (χ1n) is 6.78. The van der Waals surface area contributed by atoms with E-state index in [2.05, 4.69) is 0 Å². The minimum Gasteiger partial charge on any atom is -0.377 e. The molecule has 132 valence electrons. The first kappa shape index (κ1) is 19.7. The van der Waals surface area contributed by atoms with Crippen molar-refractivity contribution in [1.82, 2.24) is 0 Å². The molecule has 1 rings (SSSR count). The quantitative estimate of drug-likeness (QED) is 0.599. The number of hydrogen-bond acceptors (Lipinski definition) is 1. The number of hydrogen-bond donors (Lipinski definition) is 0. The summed E-state index contributed by atoms with van der Waals surface area (Å²) in [6.07, 6.45) is -9.70. The molecule has 1 aromatic carbocycles. The third kappa shape index (κ3) is 4.16. The van der Waals surface area contributed by atoms with Gasteiger partial charge < -0.3 is 4.74 Å². The van der Waals surface area contributed by atoms with E-state index in [-0.39, 0.29) is 11.5 Å². The summed E-state index contributed by atoms with van der Waals surface area (Å²) in [6.45, 7) is 3.78. The summed E-state index contributed by atoms with van der Waals surface area (Å²) in [5, 5.41) is 0. The Hall–Kier alpha value is -1.31. The van der Waals surface area contributed by atoms with E-state index < -0.39 is 30.5 Å². The van der Waals surface area contributed by atoms with Crippen LogP contribution in [0.4, 0.5) is 30.7 Å². The first-order valence-corrected chi connectivity index (χ1v) is 6.78. The van der Waals surface area contributed by atoms with E-state index in [1.807, 2.05) is 13.8 Å². The second-order valence-electron chi connectivity index (χ2n) is 5.53. The minimum absolute atomic E-state index is 0.106. The highest BCUT2D eigenvalue weighted by molar-refractivity contribution is 5.26. The summed E-state index contributed by atoms with van der Waals surface area (Å²) in [6, 6.07) is 5.94. The lowest BCUT2D eigenvalue weighted by Crippen LogP contribution is -2.52. The summed E-state index contributed by atoms with van der Waals surface area (Å²) >= 11 is 0. The van der Waals surface area contributed by atoms with Crippen molar-refractivity contribution in [2.75, 3.05) is 7.11 Å². The zero-order valence-corrected chi connectivity index (χ0v) is 12.7. The molecule has 1 unspecified atom stereocenters. The summed E-state index contributed by atoms with van der Waals surface area (Å²) in [5.41, 5.74) is 0.977. The molecule has 1 atom stereocenters. The van der Waals surface area contributed by atoms with Crippen LogP contribution < -0.4 is 0 Å². The van der Waals surface area contributed by atoms with Gasteiger partial charge in [0.05, 0.1) is 6.10 Å². The predicted octanol–water partition coefficient (Wildman–Crippen LogP) is 5.72. The largest absolute Gasteiger partial charge is 0.459 e. The molecule has 0 heterocycles. The molecular formula is C15H17F7O. The minimum atomic E-state index is -6.34. The number of ether oxygens (including phenoxy) is 1. The molecule has 0 amide bonds. The van der Waals surface area contributed by atoms with Crippen molar-refractivity contribution in [3.63, 3.8) is 0 Å². The fourth-order valence-electron chi connectivity index (χ4n) is 2.00. The van der Waals surface area contributed by atoms with Gasteiger partial charge in [0, 0.05) is 13.5 Å². The van der Waals surface area contributed by atoms with Gasteiger partial charge >= 0.3 is 18.0 Å². The van der Waals surface area contributed by atoms with Gasteiger partial charge in [0.15, 0.2) is 0 Å². The van der Waals surface area contributed by atoms with Gasteiger partial charge in [0.1, 0.15) is 0 Å². The smallest absolute Gasteiger partial charge is 0.377 e. The van der Waals surface area contributed by atoms with E-state index in [0.29, 0.717) is 0 Å². The van der Waals surface area contributed by atoms with Gasteiger partial charge in [-0.1, -0.05) is 38.1 Å². The van der Waals surface area contributed by atoms with Crippen LogP contribution in [-0.4, -0.2) is 25.1 Å². The van der Waals surface area contributed by atoms with Crippen molar-refractivity contribution in [2.45, 2.75) is 50.3 Å². The van der Waals surface area contributed by atoms with Gasteiger partial charge in [-0.25, -0.2) is 0 Å². The maximum atomic E-state index is 13.5. The number of methoxy groups -OCH3 is 1. The van der Waals surface area contributed by atoms with Gasteiger partial charge in [-0.05, 0) is 17.0 Å².